The van der Waals surface area contributed by atoms with Gasteiger partial charge in [-0.3, -0.25) is 19.1 Å². The van der Waals surface area contributed by atoms with Crippen molar-refractivity contribution in [2.75, 3.05) is 5.32 Å². The Morgan fingerprint density at radius 1 is 1.03 bits per heavy atom. The topological polar surface area (TPSA) is 68.9 Å². The van der Waals surface area contributed by atoms with Crippen LogP contribution in [-0.4, -0.2) is 20.0 Å². The number of hydrogen-bond acceptors (Lipinski definition) is 3. The lowest BCUT2D eigenvalue weighted by molar-refractivity contribution is -0.111. The van der Waals surface area contributed by atoms with Gasteiger partial charge in [-0.25, -0.2) is 0 Å². The fourth-order valence-electron chi connectivity index (χ4n) is 3.89. The summed E-state index contributed by atoms with van der Waals surface area (Å²) in [5.41, 5.74) is 4.54. The van der Waals surface area contributed by atoms with Crippen LogP contribution < -0.4 is 10.9 Å². The largest absolute Gasteiger partial charge is 0.324 e. The number of benzene rings is 2. The minimum atomic E-state index is -0.304. The van der Waals surface area contributed by atoms with Crippen molar-refractivity contribution in [2.45, 2.75) is 6.92 Å². The Bertz CT molecular complexity index is 1560. The number of rotatable bonds is 4. The van der Waals surface area contributed by atoms with Crippen molar-refractivity contribution in [2.24, 2.45) is 0 Å². The zero-order chi connectivity index (χ0) is 22.2. The molecule has 6 heteroatoms. The van der Waals surface area contributed by atoms with E-state index in [-0.39, 0.29) is 11.5 Å². The zero-order valence-corrected chi connectivity index (χ0v) is 17.4. The highest BCUT2D eigenvalue weighted by Crippen LogP contribution is 2.28. The van der Waals surface area contributed by atoms with Crippen LogP contribution in [-0.2, 0) is 4.79 Å². The molecule has 156 valence electrons. The van der Waals surface area contributed by atoms with E-state index in [1.807, 2.05) is 66.3 Å². The van der Waals surface area contributed by atoms with Crippen LogP contribution in [0.4, 0.5) is 5.69 Å². The molecule has 2 aromatic carbocycles. The van der Waals surface area contributed by atoms with Crippen LogP contribution in [0.1, 0.15) is 5.56 Å². The first-order chi connectivity index (χ1) is 15.5. The lowest BCUT2D eigenvalue weighted by atomic mass is 10.1. The van der Waals surface area contributed by atoms with Gasteiger partial charge in [-0.2, -0.15) is 0 Å². The second kappa shape index (κ2) is 7.67. The molecule has 0 bridgehead atoms. The van der Waals surface area contributed by atoms with Crippen molar-refractivity contribution in [1.82, 2.24) is 14.1 Å². The van der Waals surface area contributed by atoms with Gasteiger partial charge in [0, 0.05) is 46.8 Å². The molecule has 6 nitrogen and oxygen atoms in total. The lowest BCUT2D eigenvalue weighted by Gasteiger charge is -2.15. The Hall–Kier alpha value is -4.45. The molecule has 0 saturated heterocycles. The van der Waals surface area contributed by atoms with E-state index in [2.05, 4.69) is 16.9 Å². The standard InChI is InChI=1S/C26H20N4O2/c1-3-24(31)28-23-15-20(8-6-17(23)2)30-25(32)11-7-18-16-27-22-10-9-19(14-21(22)26(18)30)29-12-4-5-13-29/h3-16H,1H2,2H3,(H,28,31). The molecule has 0 aliphatic heterocycles. The Morgan fingerprint density at radius 2 is 1.81 bits per heavy atom. The highest BCUT2D eigenvalue weighted by atomic mass is 16.1. The molecule has 0 saturated carbocycles. The van der Waals surface area contributed by atoms with Gasteiger partial charge in [0.05, 0.1) is 16.7 Å². The summed E-state index contributed by atoms with van der Waals surface area (Å²) in [6.45, 7) is 5.41. The number of aromatic nitrogens is 3. The summed E-state index contributed by atoms with van der Waals surface area (Å²) < 4.78 is 3.68. The SMILES string of the molecule is C=CC(=O)Nc1cc(-n2c(=O)ccc3cnc4ccc(-n5cccc5)cc4c32)ccc1C. The van der Waals surface area contributed by atoms with Gasteiger partial charge in [0.15, 0.2) is 0 Å². The van der Waals surface area contributed by atoms with E-state index in [0.717, 1.165) is 33.1 Å². The van der Waals surface area contributed by atoms with Crippen LogP contribution in [0.15, 0.2) is 96.7 Å². The third kappa shape index (κ3) is 3.28. The fourth-order valence-corrected chi connectivity index (χ4v) is 3.89. The van der Waals surface area contributed by atoms with E-state index in [1.54, 1.807) is 22.9 Å². The van der Waals surface area contributed by atoms with Crippen molar-refractivity contribution in [3.8, 4) is 11.4 Å². The van der Waals surface area contributed by atoms with Crippen LogP contribution in [0.3, 0.4) is 0 Å². The molecule has 3 heterocycles. The maximum absolute atomic E-state index is 13.1. The molecule has 1 N–H and O–H groups in total. The van der Waals surface area contributed by atoms with Crippen LogP contribution in [0.25, 0.3) is 33.2 Å². The summed E-state index contributed by atoms with van der Waals surface area (Å²) in [5.74, 6) is -0.304. The Labute approximate surface area is 184 Å². The van der Waals surface area contributed by atoms with Crippen LogP contribution in [0, 0.1) is 6.92 Å². The van der Waals surface area contributed by atoms with E-state index in [0.29, 0.717) is 11.4 Å². The van der Waals surface area contributed by atoms with Crippen LogP contribution >= 0.6 is 0 Å². The molecule has 0 fully saturated rings. The average molecular weight is 420 g/mol. The summed E-state index contributed by atoms with van der Waals surface area (Å²) >= 11 is 0. The lowest BCUT2D eigenvalue weighted by Crippen LogP contribution is -2.18. The molecule has 0 aliphatic carbocycles. The van der Waals surface area contributed by atoms with E-state index >= 15 is 0 Å². The summed E-state index contributed by atoms with van der Waals surface area (Å²) in [4.78, 5) is 29.6. The van der Waals surface area contributed by atoms with Gasteiger partial charge in [0.25, 0.3) is 5.56 Å². The smallest absolute Gasteiger partial charge is 0.255 e. The van der Waals surface area contributed by atoms with E-state index in [9.17, 15) is 9.59 Å². The maximum Gasteiger partial charge on any atom is 0.255 e. The van der Waals surface area contributed by atoms with Gasteiger partial charge < -0.3 is 9.88 Å². The second-order valence-corrected chi connectivity index (χ2v) is 7.55. The van der Waals surface area contributed by atoms with Gasteiger partial charge >= 0.3 is 0 Å². The number of fused-ring (bicyclic) bond motifs is 3. The summed E-state index contributed by atoms with van der Waals surface area (Å²) in [7, 11) is 0. The zero-order valence-electron chi connectivity index (χ0n) is 17.4. The Kier molecular flexibility index (Phi) is 4.67. The number of anilines is 1. The maximum atomic E-state index is 13.1. The number of carbonyl (C=O) groups excluding carboxylic acids is 1. The molecule has 1 amide bonds. The molecule has 0 atom stereocenters. The van der Waals surface area contributed by atoms with Crippen molar-refractivity contribution in [1.29, 1.82) is 0 Å². The number of hydrogen-bond donors (Lipinski definition) is 1. The van der Waals surface area contributed by atoms with Gasteiger partial charge in [-0.05, 0) is 67.1 Å². The number of carbonyl (C=O) groups is 1. The molecule has 0 unspecified atom stereocenters. The number of pyridine rings is 2. The van der Waals surface area contributed by atoms with Gasteiger partial charge in [-0.15, -0.1) is 0 Å². The molecule has 3 aromatic heterocycles. The first kappa shape index (κ1) is 19.5. The molecule has 0 aliphatic rings. The number of nitrogens with zero attached hydrogens (tertiary/aromatic N) is 3. The molecular weight excluding hydrogens is 400 g/mol. The summed E-state index contributed by atoms with van der Waals surface area (Å²) in [5, 5.41) is 4.53. The van der Waals surface area contributed by atoms with Crippen molar-refractivity contribution in [3.63, 3.8) is 0 Å². The minimum absolute atomic E-state index is 0.166. The van der Waals surface area contributed by atoms with Gasteiger partial charge in [-0.1, -0.05) is 12.6 Å². The Morgan fingerprint density at radius 3 is 2.59 bits per heavy atom. The summed E-state index contributed by atoms with van der Waals surface area (Å²) in [6, 6.07) is 18.8. The molecule has 0 radical (unpaired) electrons. The third-order valence-electron chi connectivity index (χ3n) is 5.53. The number of nitrogens with one attached hydrogen (secondary N) is 1. The average Bonchev–Trinajstić information content (AvgIpc) is 3.35. The quantitative estimate of drug-likeness (QED) is 0.337. The minimum Gasteiger partial charge on any atom is -0.324 e. The normalized spacial score (nSPS) is 11.0. The van der Waals surface area contributed by atoms with Gasteiger partial charge in [0.1, 0.15) is 0 Å². The predicted octanol–water partition coefficient (Wildman–Crippen LogP) is 4.76. The van der Waals surface area contributed by atoms with Crippen molar-refractivity contribution >= 4 is 33.4 Å². The van der Waals surface area contributed by atoms with Crippen molar-refractivity contribution in [3.05, 3.63) is 108 Å². The second-order valence-electron chi connectivity index (χ2n) is 7.55. The van der Waals surface area contributed by atoms with Gasteiger partial charge in [0.2, 0.25) is 5.91 Å². The molecule has 32 heavy (non-hydrogen) atoms. The highest BCUT2D eigenvalue weighted by Gasteiger charge is 2.13. The molecule has 5 aromatic rings. The first-order valence-corrected chi connectivity index (χ1v) is 10.2. The highest BCUT2D eigenvalue weighted by molar-refractivity contribution is 6.05. The fraction of sp³-hybridized carbons (Fsp3) is 0.0385. The van der Waals surface area contributed by atoms with Crippen LogP contribution in [0.5, 0.6) is 0 Å². The molecular formula is C26H20N4O2. The monoisotopic (exact) mass is 420 g/mol. The van der Waals surface area contributed by atoms with Crippen molar-refractivity contribution < 1.29 is 4.79 Å². The Balaban J connectivity index is 1.81. The number of aryl methyl sites for hydroxylation is 1. The number of amides is 1. The van der Waals surface area contributed by atoms with E-state index in [1.165, 1.54) is 12.1 Å². The molecule has 5 rings (SSSR count). The molecule has 0 spiro atoms. The van der Waals surface area contributed by atoms with Crippen LogP contribution in [0.2, 0.25) is 0 Å². The van der Waals surface area contributed by atoms with E-state index < -0.39 is 0 Å². The first-order valence-electron chi connectivity index (χ1n) is 10.2. The van der Waals surface area contributed by atoms with E-state index in [4.69, 9.17) is 0 Å². The summed E-state index contributed by atoms with van der Waals surface area (Å²) in [6.07, 6.45) is 6.94. The predicted molar refractivity (Wildman–Crippen MR) is 128 cm³/mol. The third-order valence-corrected chi connectivity index (χ3v) is 5.53.